The van der Waals surface area contributed by atoms with Crippen molar-refractivity contribution >= 4 is 40.5 Å². The number of anilines is 1. The van der Waals surface area contributed by atoms with Crippen LogP contribution in [0.15, 0.2) is 54.9 Å². The van der Waals surface area contributed by atoms with Crippen LogP contribution in [0.1, 0.15) is 18.3 Å². The summed E-state index contributed by atoms with van der Waals surface area (Å²) < 4.78 is 27.1. The van der Waals surface area contributed by atoms with Gasteiger partial charge in [-0.2, -0.15) is 9.97 Å². The number of aromatic hydroxyl groups is 1. The summed E-state index contributed by atoms with van der Waals surface area (Å²) in [5.74, 6) is -3.45. The lowest BCUT2D eigenvalue weighted by Crippen LogP contribution is -2.52. The summed E-state index contributed by atoms with van der Waals surface area (Å²) in [4.78, 5) is 36.1. The van der Waals surface area contributed by atoms with Gasteiger partial charge in [0.2, 0.25) is 5.28 Å². The number of methoxy groups -OCH3 is 1. The third-order valence-electron chi connectivity index (χ3n) is 6.34. The first kappa shape index (κ1) is 28.7. The Morgan fingerprint density at radius 3 is 2.42 bits per heavy atom. The molecular weight excluding hydrogens is 549 g/mol. The van der Waals surface area contributed by atoms with Gasteiger partial charge in [0.25, 0.3) is 5.60 Å². The number of nitrogens with zero attached hydrogens (tertiary/aromatic N) is 4. The highest BCUT2D eigenvalue weighted by molar-refractivity contribution is 6.28. The Kier molecular flexibility index (Phi) is 8.47. The molecule has 0 radical (unpaired) electrons. The number of hydrogen-bond acceptors (Lipinski definition) is 9. The molecule has 0 saturated carbocycles. The van der Waals surface area contributed by atoms with Crippen LogP contribution in [0.2, 0.25) is 5.28 Å². The lowest BCUT2D eigenvalue weighted by molar-refractivity contribution is -0.188. The number of phenols is 1. The number of fused-ring (bicyclic) bond motifs is 1. The fourth-order valence-corrected chi connectivity index (χ4v) is 4.31. The monoisotopic (exact) mass is 573 g/mol. The number of para-hydroxylation sites is 1. The van der Waals surface area contributed by atoms with Crippen LogP contribution in [0.4, 0.5) is 10.2 Å². The van der Waals surface area contributed by atoms with Crippen LogP contribution in [0.5, 0.6) is 5.75 Å². The lowest BCUT2D eigenvalue weighted by Gasteiger charge is -2.28. The second-order valence-electron chi connectivity index (χ2n) is 8.87. The Morgan fingerprint density at radius 2 is 1.80 bits per heavy atom. The van der Waals surface area contributed by atoms with Crippen LogP contribution in [0, 0.1) is 0 Å². The van der Waals surface area contributed by atoms with E-state index in [4.69, 9.17) is 26.8 Å². The van der Waals surface area contributed by atoms with Gasteiger partial charge in [-0.25, -0.2) is 19.0 Å². The maximum absolute atomic E-state index is 15.3. The first-order valence-electron chi connectivity index (χ1n) is 11.9. The molecule has 2 atom stereocenters. The van der Waals surface area contributed by atoms with E-state index >= 15 is 4.39 Å². The van der Waals surface area contributed by atoms with E-state index in [1.165, 1.54) is 13.2 Å². The van der Waals surface area contributed by atoms with Crippen molar-refractivity contribution in [2.75, 3.05) is 19.5 Å². The zero-order valence-electron chi connectivity index (χ0n) is 21.1. The van der Waals surface area contributed by atoms with E-state index in [9.17, 15) is 24.9 Å². The average Bonchev–Trinajstić information content (AvgIpc) is 3.35. The highest BCUT2D eigenvalue weighted by Crippen LogP contribution is 2.30. The minimum atomic E-state index is -2.68. The molecule has 12 nitrogen and oxygen atoms in total. The largest absolute Gasteiger partial charge is 0.507 e. The van der Waals surface area contributed by atoms with Crippen molar-refractivity contribution in [2.45, 2.75) is 30.8 Å². The van der Waals surface area contributed by atoms with Crippen LogP contribution < -0.4 is 5.73 Å². The van der Waals surface area contributed by atoms with Gasteiger partial charge in [0.05, 0.1) is 19.0 Å². The number of nitrogens with two attached hydrogens (primary N) is 1. The van der Waals surface area contributed by atoms with Crippen molar-refractivity contribution in [3.8, 4) is 16.9 Å². The zero-order valence-corrected chi connectivity index (χ0v) is 21.8. The van der Waals surface area contributed by atoms with Crippen LogP contribution in [0.25, 0.3) is 22.3 Å². The second kappa shape index (κ2) is 11.8. The molecule has 0 bridgehead atoms. The Labute approximate surface area is 231 Å². The molecule has 0 aliphatic heterocycles. The lowest BCUT2D eigenvalue weighted by atomic mass is 9.92. The minimum absolute atomic E-state index is 0.0334. The Bertz CT molecular complexity index is 1520. The summed E-state index contributed by atoms with van der Waals surface area (Å²) in [5, 5.41) is 29.7. The maximum atomic E-state index is 15.3. The minimum Gasteiger partial charge on any atom is -0.507 e. The fourth-order valence-electron chi connectivity index (χ4n) is 4.14. The number of imidazole rings is 1. The number of halogens is 2. The quantitative estimate of drug-likeness (QED) is 0.144. The van der Waals surface area contributed by atoms with E-state index in [-0.39, 0.29) is 34.4 Å². The molecule has 0 aliphatic carbocycles. The van der Waals surface area contributed by atoms with Crippen molar-refractivity contribution < 1.29 is 38.8 Å². The van der Waals surface area contributed by atoms with Gasteiger partial charge in [-0.05, 0) is 28.8 Å². The predicted molar refractivity (Wildman–Crippen MR) is 142 cm³/mol. The number of carboxylic acid groups (broad SMARTS) is 2. The number of rotatable bonds is 12. The van der Waals surface area contributed by atoms with Crippen LogP contribution in [0.3, 0.4) is 0 Å². The normalized spacial score (nSPS) is 13.3. The summed E-state index contributed by atoms with van der Waals surface area (Å²) in [6, 6.07) is 13.0. The average molecular weight is 574 g/mol. The third-order valence-corrected chi connectivity index (χ3v) is 6.51. The van der Waals surface area contributed by atoms with Crippen molar-refractivity contribution in [1.82, 2.24) is 19.5 Å². The van der Waals surface area contributed by atoms with Crippen molar-refractivity contribution in [1.29, 1.82) is 0 Å². The number of hydrogen-bond donors (Lipinski definition) is 4. The first-order chi connectivity index (χ1) is 19.1. The molecule has 2 unspecified atom stereocenters. The standard InChI is InChI=1S/C26H25ClFN5O7/c1-39-16(10-19(28)33-13-30-20-21(29)31-25(27)32-22(20)33)12-40-26(23(35)36,24(37)38)11-14-6-8-15(9-7-14)17-4-2-3-5-18(17)34/h2-9,13,16,19,34H,10-12H2,1H3,(H,35,36)(H,37,38)(H2,29,31,32). The van der Waals surface area contributed by atoms with Gasteiger partial charge in [-0.1, -0.05) is 42.5 Å². The van der Waals surface area contributed by atoms with Gasteiger partial charge in [-0.3, -0.25) is 4.57 Å². The third kappa shape index (κ3) is 5.81. The molecule has 210 valence electrons. The molecule has 0 amide bonds. The number of phenolic OH excluding ortho intramolecular Hbond substituents is 1. The molecular formula is C26H25ClFN5O7. The number of ether oxygens (including phenoxy) is 2. The van der Waals surface area contributed by atoms with E-state index < -0.39 is 43.0 Å². The summed E-state index contributed by atoms with van der Waals surface area (Å²) in [7, 11) is 1.25. The number of aromatic nitrogens is 4. The molecule has 2 heterocycles. The molecule has 40 heavy (non-hydrogen) atoms. The fraction of sp³-hybridized carbons (Fsp3) is 0.269. The number of aliphatic carboxylic acids is 2. The predicted octanol–water partition coefficient (Wildman–Crippen LogP) is 3.47. The highest BCUT2D eigenvalue weighted by atomic mass is 35.5. The number of carbonyl (C=O) groups is 2. The van der Waals surface area contributed by atoms with E-state index in [0.29, 0.717) is 16.7 Å². The molecule has 0 aliphatic rings. The topological polar surface area (TPSA) is 183 Å². The maximum Gasteiger partial charge on any atom is 0.348 e. The number of benzene rings is 2. The van der Waals surface area contributed by atoms with E-state index in [0.717, 1.165) is 10.9 Å². The molecule has 4 aromatic rings. The molecule has 5 N–H and O–H groups in total. The molecule has 2 aromatic carbocycles. The van der Waals surface area contributed by atoms with E-state index in [1.54, 1.807) is 42.5 Å². The number of nitrogen functional groups attached to an aromatic ring is 1. The van der Waals surface area contributed by atoms with Gasteiger partial charge >= 0.3 is 11.9 Å². The first-order valence-corrected chi connectivity index (χ1v) is 12.2. The van der Waals surface area contributed by atoms with E-state index in [1.807, 2.05) is 0 Å². The summed E-state index contributed by atoms with van der Waals surface area (Å²) in [6.07, 6.45) is -2.58. The van der Waals surface area contributed by atoms with Crippen LogP contribution in [-0.4, -0.2) is 72.2 Å². The Balaban J connectivity index is 1.51. The van der Waals surface area contributed by atoms with Crippen LogP contribution in [-0.2, 0) is 25.5 Å². The molecule has 0 spiro atoms. The van der Waals surface area contributed by atoms with Crippen LogP contribution >= 0.6 is 11.6 Å². The molecule has 4 rings (SSSR count). The zero-order chi connectivity index (χ0) is 29.0. The molecule has 14 heteroatoms. The van der Waals surface area contributed by atoms with Crippen molar-refractivity contribution in [3.05, 3.63) is 65.7 Å². The Morgan fingerprint density at radius 1 is 1.12 bits per heavy atom. The SMILES string of the molecule is COC(COC(Cc1ccc(-c2ccccc2O)cc1)(C(=O)O)C(=O)O)CC(F)n1cnc2c(N)nc(Cl)nc21. The smallest absolute Gasteiger partial charge is 0.348 e. The summed E-state index contributed by atoms with van der Waals surface area (Å²) >= 11 is 5.83. The van der Waals surface area contributed by atoms with Gasteiger partial charge in [-0.15, -0.1) is 0 Å². The molecule has 0 fully saturated rings. The Hall–Kier alpha value is -4.33. The molecule has 2 aromatic heterocycles. The van der Waals surface area contributed by atoms with Gasteiger partial charge in [0.15, 0.2) is 17.8 Å². The van der Waals surface area contributed by atoms with Crippen molar-refractivity contribution in [3.63, 3.8) is 0 Å². The van der Waals surface area contributed by atoms with Gasteiger partial charge in [0, 0.05) is 25.5 Å². The number of alkyl halides is 1. The summed E-state index contributed by atoms with van der Waals surface area (Å²) in [5.41, 5.74) is 4.80. The summed E-state index contributed by atoms with van der Waals surface area (Å²) in [6.45, 7) is -0.560. The number of carboxylic acids is 2. The van der Waals surface area contributed by atoms with Crippen molar-refractivity contribution in [2.24, 2.45) is 0 Å². The van der Waals surface area contributed by atoms with E-state index in [2.05, 4.69) is 15.0 Å². The van der Waals surface area contributed by atoms with Gasteiger partial charge in [0.1, 0.15) is 11.3 Å². The molecule has 0 saturated heterocycles. The van der Waals surface area contributed by atoms with Gasteiger partial charge < -0.3 is 30.5 Å². The highest BCUT2D eigenvalue weighted by Gasteiger charge is 2.49. The second-order valence-corrected chi connectivity index (χ2v) is 9.21.